The Balaban J connectivity index is 0.000000327. The Kier molecular flexibility index (Phi) is 7.29. The van der Waals surface area contributed by atoms with Crippen LogP contribution in [0.5, 0.6) is 0 Å². The van der Waals surface area contributed by atoms with Crippen LogP contribution in [0.25, 0.3) is 0 Å². The summed E-state index contributed by atoms with van der Waals surface area (Å²) in [6, 6.07) is -0.269. The molecule has 1 rings (SSSR count). The summed E-state index contributed by atoms with van der Waals surface area (Å²) in [4.78, 5) is 39.9. The molecule has 4 N–H and O–H groups in total. The van der Waals surface area contributed by atoms with Crippen molar-refractivity contribution in [3.63, 3.8) is 0 Å². The predicted octanol–water partition coefficient (Wildman–Crippen LogP) is -0.672. The van der Waals surface area contributed by atoms with Crippen LogP contribution in [-0.4, -0.2) is 51.6 Å². The van der Waals surface area contributed by atoms with E-state index < -0.39 is 36.5 Å². The van der Waals surface area contributed by atoms with Crippen molar-refractivity contribution in [1.82, 2.24) is 5.32 Å². The van der Waals surface area contributed by atoms with Crippen molar-refractivity contribution in [3.05, 3.63) is 0 Å². The molecule has 0 spiro atoms. The third-order valence-electron chi connectivity index (χ3n) is 2.16. The van der Waals surface area contributed by atoms with E-state index in [-0.39, 0.29) is 6.04 Å². The minimum absolute atomic E-state index is 0.269. The van der Waals surface area contributed by atoms with Crippen LogP contribution >= 0.6 is 0 Å². The second kappa shape index (κ2) is 8.18. The number of carbonyl (C=O) groups is 4. The van der Waals surface area contributed by atoms with Gasteiger partial charge in [-0.05, 0) is 19.4 Å². The van der Waals surface area contributed by atoms with Crippen LogP contribution in [0.1, 0.15) is 25.7 Å². The highest BCUT2D eigenvalue weighted by Crippen LogP contribution is 2.03. The van der Waals surface area contributed by atoms with Crippen molar-refractivity contribution in [2.45, 2.75) is 31.7 Å². The molecule has 1 unspecified atom stereocenters. The largest absolute Gasteiger partial charge is 0.481 e. The molecule has 1 heterocycles. The van der Waals surface area contributed by atoms with Gasteiger partial charge >= 0.3 is 17.9 Å². The van der Waals surface area contributed by atoms with Gasteiger partial charge < -0.3 is 20.6 Å². The first-order valence-electron chi connectivity index (χ1n) is 5.28. The lowest BCUT2D eigenvalue weighted by atomic mass is 10.2. The van der Waals surface area contributed by atoms with Crippen molar-refractivity contribution < 1.29 is 34.5 Å². The maximum Gasteiger partial charge on any atom is 0.372 e. The highest BCUT2D eigenvalue weighted by molar-refractivity contribution is 6.32. The van der Waals surface area contributed by atoms with Crippen molar-refractivity contribution in [1.29, 1.82) is 0 Å². The average Bonchev–Trinajstić information content (AvgIpc) is 2.79. The third kappa shape index (κ3) is 7.34. The van der Waals surface area contributed by atoms with E-state index in [0.29, 0.717) is 0 Å². The van der Waals surface area contributed by atoms with Crippen LogP contribution in [-0.2, 0) is 19.2 Å². The summed E-state index contributed by atoms with van der Waals surface area (Å²) in [5.41, 5.74) is 0. The fraction of sp³-hybridized carbons (Fsp3) is 0.600. The zero-order valence-corrected chi connectivity index (χ0v) is 9.59. The van der Waals surface area contributed by atoms with Gasteiger partial charge in [0.1, 0.15) is 6.04 Å². The van der Waals surface area contributed by atoms with Gasteiger partial charge in [0.25, 0.3) is 0 Å². The number of carboxylic acids is 3. The number of Topliss-reactive ketones (excluding diaryl/α,β-unsaturated/α-hetero) is 1. The molecule has 8 heteroatoms. The van der Waals surface area contributed by atoms with Gasteiger partial charge in [-0.3, -0.25) is 14.4 Å². The lowest BCUT2D eigenvalue weighted by Crippen LogP contribution is -2.29. The van der Waals surface area contributed by atoms with Crippen LogP contribution in [0.4, 0.5) is 0 Å². The minimum atomic E-state index is -1.58. The molecule has 0 bridgehead atoms. The van der Waals surface area contributed by atoms with Crippen molar-refractivity contribution in [2.24, 2.45) is 0 Å². The SMILES string of the molecule is O=C(O)C1CCCN1.O=C(O)CCC(=O)C(=O)O. The molecule has 1 saturated heterocycles. The van der Waals surface area contributed by atoms with Crippen LogP contribution in [0.15, 0.2) is 0 Å². The Labute approximate surface area is 103 Å². The minimum Gasteiger partial charge on any atom is -0.481 e. The molecule has 1 fully saturated rings. The van der Waals surface area contributed by atoms with E-state index in [1.165, 1.54) is 0 Å². The first-order chi connectivity index (χ1) is 8.34. The summed E-state index contributed by atoms with van der Waals surface area (Å²) >= 11 is 0. The number of ketones is 1. The molecule has 18 heavy (non-hydrogen) atoms. The summed E-state index contributed by atoms with van der Waals surface area (Å²) in [6.45, 7) is 0.858. The van der Waals surface area contributed by atoms with Crippen LogP contribution in [0, 0.1) is 0 Å². The Morgan fingerprint density at radius 3 is 1.94 bits per heavy atom. The monoisotopic (exact) mass is 261 g/mol. The van der Waals surface area contributed by atoms with Crippen LogP contribution in [0.2, 0.25) is 0 Å². The quantitative estimate of drug-likeness (QED) is 0.477. The molecule has 8 nitrogen and oxygen atoms in total. The van der Waals surface area contributed by atoms with E-state index in [4.69, 9.17) is 15.3 Å². The smallest absolute Gasteiger partial charge is 0.372 e. The fourth-order valence-corrected chi connectivity index (χ4v) is 1.22. The molecule has 0 aromatic rings. The first kappa shape index (κ1) is 16.0. The Morgan fingerprint density at radius 1 is 1.06 bits per heavy atom. The van der Waals surface area contributed by atoms with Gasteiger partial charge in [0.05, 0.1) is 6.42 Å². The third-order valence-corrected chi connectivity index (χ3v) is 2.16. The van der Waals surface area contributed by atoms with Crippen molar-refractivity contribution >= 4 is 23.7 Å². The van der Waals surface area contributed by atoms with E-state index in [1.807, 2.05) is 0 Å². The number of nitrogens with one attached hydrogen (secondary N) is 1. The molecule has 0 saturated carbocycles. The number of aliphatic carboxylic acids is 3. The van der Waals surface area contributed by atoms with Gasteiger partial charge in [-0.2, -0.15) is 0 Å². The summed E-state index contributed by atoms with van der Waals surface area (Å²) in [5.74, 6) is -4.54. The number of rotatable bonds is 5. The van der Waals surface area contributed by atoms with Crippen molar-refractivity contribution in [2.75, 3.05) is 6.54 Å². The Bertz CT molecular complexity index is 333. The number of carboxylic acid groups (broad SMARTS) is 3. The summed E-state index contributed by atoms with van der Waals surface area (Å²) in [5, 5.41) is 27.2. The fourth-order valence-electron chi connectivity index (χ4n) is 1.22. The molecular formula is C10H15NO7. The summed E-state index contributed by atoms with van der Waals surface area (Å²) in [7, 11) is 0. The Morgan fingerprint density at radius 2 is 1.67 bits per heavy atom. The molecule has 0 radical (unpaired) electrons. The normalized spacial score (nSPS) is 17.4. The molecule has 1 aliphatic heterocycles. The summed E-state index contributed by atoms with van der Waals surface area (Å²) in [6.07, 6.45) is 0.919. The van der Waals surface area contributed by atoms with Gasteiger partial charge in [0, 0.05) is 6.42 Å². The van der Waals surface area contributed by atoms with Gasteiger partial charge in [-0.15, -0.1) is 0 Å². The van der Waals surface area contributed by atoms with Gasteiger partial charge in [0.2, 0.25) is 5.78 Å². The van der Waals surface area contributed by atoms with Gasteiger partial charge in [0.15, 0.2) is 0 Å². The van der Waals surface area contributed by atoms with Crippen LogP contribution < -0.4 is 5.32 Å². The topological polar surface area (TPSA) is 141 Å². The van der Waals surface area contributed by atoms with E-state index in [9.17, 15) is 19.2 Å². The maximum absolute atomic E-state index is 10.2. The highest BCUT2D eigenvalue weighted by Gasteiger charge is 2.20. The zero-order chi connectivity index (χ0) is 14.1. The van der Waals surface area contributed by atoms with Crippen LogP contribution in [0.3, 0.4) is 0 Å². The predicted molar refractivity (Wildman–Crippen MR) is 58.2 cm³/mol. The Hall–Kier alpha value is -1.96. The van der Waals surface area contributed by atoms with E-state index in [2.05, 4.69) is 5.32 Å². The molecule has 1 atom stereocenters. The van der Waals surface area contributed by atoms with E-state index in [0.717, 1.165) is 19.4 Å². The molecule has 0 aromatic heterocycles. The van der Waals surface area contributed by atoms with Crippen molar-refractivity contribution in [3.8, 4) is 0 Å². The molecular weight excluding hydrogens is 246 g/mol. The molecule has 0 aromatic carbocycles. The average molecular weight is 261 g/mol. The number of hydrogen-bond acceptors (Lipinski definition) is 5. The number of carbonyl (C=O) groups excluding carboxylic acids is 1. The number of hydrogen-bond donors (Lipinski definition) is 4. The summed E-state index contributed by atoms with van der Waals surface area (Å²) < 4.78 is 0. The maximum atomic E-state index is 10.2. The lowest BCUT2D eigenvalue weighted by Gasteiger charge is -1.99. The van der Waals surface area contributed by atoms with Gasteiger partial charge in [-0.1, -0.05) is 0 Å². The molecule has 0 aliphatic carbocycles. The second-order valence-corrected chi connectivity index (χ2v) is 3.61. The standard InChI is InChI=1S/C5H9NO2.C5H6O5/c7-5(8)4-2-1-3-6-4;6-3(5(9)10)1-2-4(7)8/h4,6H,1-3H2,(H,7,8);1-2H2,(H,7,8)(H,9,10). The first-order valence-corrected chi connectivity index (χ1v) is 5.28. The molecule has 102 valence electrons. The molecule has 1 aliphatic rings. The molecule has 0 amide bonds. The van der Waals surface area contributed by atoms with E-state index >= 15 is 0 Å². The van der Waals surface area contributed by atoms with Gasteiger partial charge in [-0.25, -0.2) is 4.79 Å². The zero-order valence-electron chi connectivity index (χ0n) is 9.59. The second-order valence-electron chi connectivity index (χ2n) is 3.61. The van der Waals surface area contributed by atoms with E-state index in [1.54, 1.807) is 0 Å². The lowest BCUT2D eigenvalue weighted by molar-refractivity contribution is -0.149. The highest BCUT2D eigenvalue weighted by atomic mass is 16.4.